The number of carbonyl (C=O) groups excluding carboxylic acids is 1. The lowest BCUT2D eigenvalue weighted by molar-refractivity contribution is -0.133. The molecule has 4 nitrogen and oxygen atoms in total. The lowest BCUT2D eigenvalue weighted by atomic mass is 9.81. The van der Waals surface area contributed by atoms with E-state index in [9.17, 15) is 4.79 Å². The molecule has 0 unspecified atom stereocenters. The number of carbonyl (C=O) groups is 1. The number of rotatable bonds is 6. The average Bonchev–Trinajstić information content (AvgIpc) is 2.89. The predicted molar refractivity (Wildman–Crippen MR) is 87.6 cm³/mol. The van der Waals surface area contributed by atoms with Crippen molar-refractivity contribution >= 4 is 17.2 Å². The number of hydrogen-bond donors (Lipinski definition) is 1. The Morgan fingerprint density at radius 3 is 3.05 bits per heavy atom. The zero-order valence-corrected chi connectivity index (χ0v) is 14.3. The molecule has 0 aromatic carbocycles. The Morgan fingerprint density at radius 1 is 1.57 bits per heavy atom. The highest BCUT2D eigenvalue weighted by Crippen LogP contribution is 2.29. The van der Waals surface area contributed by atoms with Crippen LogP contribution in [0.3, 0.4) is 0 Å². The smallest absolute Gasteiger partial charge is 0.227 e. The zero-order chi connectivity index (χ0) is 15.3. The first-order chi connectivity index (χ1) is 10.0. The number of likely N-dealkylation sites (tertiary alicyclic amines) is 1. The van der Waals surface area contributed by atoms with Gasteiger partial charge in [-0.2, -0.15) is 0 Å². The van der Waals surface area contributed by atoms with Crippen LogP contribution in [0.15, 0.2) is 5.38 Å². The molecule has 1 aliphatic rings. The van der Waals surface area contributed by atoms with Crippen molar-refractivity contribution < 1.29 is 4.79 Å². The fraction of sp³-hybridized carbons (Fsp3) is 0.750. The van der Waals surface area contributed by atoms with Gasteiger partial charge >= 0.3 is 0 Å². The zero-order valence-electron chi connectivity index (χ0n) is 13.4. The lowest BCUT2D eigenvalue weighted by Gasteiger charge is -2.38. The number of thiazole rings is 1. The number of piperidine rings is 1. The molecule has 1 aliphatic heterocycles. The number of aryl methyl sites for hydroxylation is 2. The van der Waals surface area contributed by atoms with Gasteiger partial charge in [-0.1, -0.05) is 6.92 Å². The van der Waals surface area contributed by atoms with Crippen molar-refractivity contribution in [1.29, 1.82) is 0 Å². The molecular formula is C16H27N3OS. The first kappa shape index (κ1) is 16.4. The van der Waals surface area contributed by atoms with E-state index in [1.807, 2.05) is 6.92 Å². The maximum absolute atomic E-state index is 12.4. The van der Waals surface area contributed by atoms with Crippen molar-refractivity contribution in [1.82, 2.24) is 15.2 Å². The van der Waals surface area contributed by atoms with Gasteiger partial charge in [0.25, 0.3) is 0 Å². The first-order valence-corrected chi connectivity index (χ1v) is 8.83. The Morgan fingerprint density at radius 2 is 2.38 bits per heavy atom. The summed E-state index contributed by atoms with van der Waals surface area (Å²) in [6.45, 7) is 10.1. The van der Waals surface area contributed by atoms with Gasteiger partial charge < -0.3 is 10.2 Å². The van der Waals surface area contributed by atoms with E-state index in [0.717, 1.165) is 57.6 Å². The Bertz CT molecular complexity index is 474. The van der Waals surface area contributed by atoms with Crippen molar-refractivity contribution in [3.63, 3.8) is 0 Å². The summed E-state index contributed by atoms with van der Waals surface area (Å²) < 4.78 is 0. The van der Waals surface area contributed by atoms with Crippen molar-refractivity contribution in [3.05, 3.63) is 16.1 Å². The highest BCUT2D eigenvalue weighted by Gasteiger charge is 2.36. The molecule has 1 atom stereocenters. The van der Waals surface area contributed by atoms with Crippen molar-refractivity contribution in [2.75, 3.05) is 26.2 Å². The van der Waals surface area contributed by atoms with Crippen LogP contribution in [-0.4, -0.2) is 42.0 Å². The summed E-state index contributed by atoms with van der Waals surface area (Å²) in [6.07, 6.45) is 4.04. The van der Waals surface area contributed by atoms with Crippen molar-refractivity contribution in [2.45, 2.75) is 46.5 Å². The number of amides is 1. The van der Waals surface area contributed by atoms with Gasteiger partial charge in [-0.15, -0.1) is 11.3 Å². The van der Waals surface area contributed by atoms with Crippen LogP contribution in [0.1, 0.15) is 43.8 Å². The van der Waals surface area contributed by atoms with E-state index in [1.165, 1.54) is 5.01 Å². The van der Waals surface area contributed by atoms with Crippen LogP contribution < -0.4 is 5.32 Å². The summed E-state index contributed by atoms with van der Waals surface area (Å²) in [5.74, 6) is 0.218. The molecule has 2 rings (SSSR count). The second-order valence-electron chi connectivity index (χ2n) is 6.28. The molecule has 5 heteroatoms. The minimum Gasteiger partial charge on any atom is -0.356 e. The van der Waals surface area contributed by atoms with Crippen molar-refractivity contribution in [2.24, 2.45) is 5.41 Å². The Balaban J connectivity index is 1.73. The van der Waals surface area contributed by atoms with Crippen LogP contribution in [0.25, 0.3) is 0 Å². The summed E-state index contributed by atoms with van der Waals surface area (Å²) in [5, 5.41) is 6.37. The largest absolute Gasteiger partial charge is 0.356 e. The summed E-state index contributed by atoms with van der Waals surface area (Å²) in [5.41, 5.74) is 0.875. The van der Waals surface area contributed by atoms with E-state index in [4.69, 9.17) is 0 Å². The summed E-state index contributed by atoms with van der Waals surface area (Å²) >= 11 is 1.71. The van der Waals surface area contributed by atoms with E-state index >= 15 is 0 Å². The molecule has 2 heterocycles. The van der Waals surface area contributed by atoms with E-state index in [0.29, 0.717) is 0 Å². The van der Waals surface area contributed by atoms with Crippen LogP contribution in [0.4, 0.5) is 0 Å². The molecule has 1 saturated heterocycles. The molecule has 1 aromatic heterocycles. The maximum Gasteiger partial charge on any atom is 0.227 e. The van der Waals surface area contributed by atoms with Crippen LogP contribution in [0.5, 0.6) is 0 Å². The Labute approximate surface area is 132 Å². The number of nitrogens with one attached hydrogen (secondary N) is 1. The standard InChI is InChI=1S/C16H27N3OS/c1-4-19-10-6-8-16(3,12-19)15(20)17-9-5-7-14-18-13(2)11-21-14/h11H,4-10,12H2,1-3H3,(H,17,20)/t16-/m0/s1. The quantitative estimate of drug-likeness (QED) is 0.822. The summed E-state index contributed by atoms with van der Waals surface area (Å²) in [6, 6.07) is 0. The van der Waals surface area contributed by atoms with Gasteiger partial charge in [-0.25, -0.2) is 4.98 Å². The SMILES string of the molecule is CCN1CCC[C@](C)(C(=O)NCCCc2nc(C)cs2)C1. The van der Waals surface area contributed by atoms with Gasteiger partial charge in [0.2, 0.25) is 5.91 Å². The molecule has 0 radical (unpaired) electrons. The fourth-order valence-corrected chi connectivity index (χ4v) is 3.79. The third kappa shape index (κ3) is 4.51. The van der Waals surface area contributed by atoms with Crippen LogP contribution in [-0.2, 0) is 11.2 Å². The Hall–Kier alpha value is -0.940. The number of hydrogen-bond acceptors (Lipinski definition) is 4. The van der Waals surface area contributed by atoms with E-state index < -0.39 is 0 Å². The first-order valence-electron chi connectivity index (χ1n) is 7.95. The van der Waals surface area contributed by atoms with Crippen LogP contribution in [0.2, 0.25) is 0 Å². The van der Waals surface area contributed by atoms with Gasteiger partial charge in [0.1, 0.15) is 0 Å². The topological polar surface area (TPSA) is 45.2 Å². The highest BCUT2D eigenvalue weighted by atomic mass is 32.1. The van der Waals surface area contributed by atoms with E-state index in [2.05, 4.69) is 34.4 Å². The molecule has 0 aliphatic carbocycles. The third-order valence-electron chi connectivity index (χ3n) is 4.29. The molecule has 118 valence electrons. The molecule has 1 amide bonds. The van der Waals surface area contributed by atoms with E-state index in [1.54, 1.807) is 11.3 Å². The molecule has 0 saturated carbocycles. The second kappa shape index (κ2) is 7.36. The fourth-order valence-electron chi connectivity index (χ4n) is 2.97. The lowest BCUT2D eigenvalue weighted by Crippen LogP contribution is -2.50. The molecule has 1 N–H and O–H groups in total. The number of nitrogens with zero attached hydrogens (tertiary/aromatic N) is 2. The number of aromatic nitrogens is 1. The van der Waals surface area contributed by atoms with Crippen LogP contribution >= 0.6 is 11.3 Å². The van der Waals surface area contributed by atoms with Crippen molar-refractivity contribution in [3.8, 4) is 0 Å². The second-order valence-corrected chi connectivity index (χ2v) is 7.22. The minimum absolute atomic E-state index is 0.216. The third-order valence-corrected chi connectivity index (χ3v) is 5.32. The molecule has 1 aromatic rings. The Kier molecular flexibility index (Phi) is 5.76. The molecule has 21 heavy (non-hydrogen) atoms. The van der Waals surface area contributed by atoms with Gasteiger partial charge in [-0.05, 0) is 46.2 Å². The van der Waals surface area contributed by atoms with E-state index in [-0.39, 0.29) is 11.3 Å². The maximum atomic E-state index is 12.4. The van der Waals surface area contributed by atoms with Gasteiger partial charge in [0.05, 0.1) is 10.4 Å². The average molecular weight is 309 g/mol. The summed E-state index contributed by atoms with van der Waals surface area (Å²) in [7, 11) is 0. The molecule has 0 spiro atoms. The monoisotopic (exact) mass is 309 g/mol. The predicted octanol–water partition coefficient (Wildman–Crippen LogP) is 2.62. The van der Waals surface area contributed by atoms with Gasteiger partial charge in [-0.3, -0.25) is 4.79 Å². The van der Waals surface area contributed by atoms with Crippen LogP contribution in [0, 0.1) is 12.3 Å². The molecule has 0 bridgehead atoms. The summed E-state index contributed by atoms with van der Waals surface area (Å²) in [4.78, 5) is 19.3. The highest BCUT2D eigenvalue weighted by molar-refractivity contribution is 7.09. The van der Waals surface area contributed by atoms with Gasteiger partial charge in [0, 0.05) is 30.6 Å². The van der Waals surface area contributed by atoms with Gasteiger partial charge in [0.15, 0.2) is 0 Å². The minimum atomic E-state index is -0.216. The molecular weight excluding hydrogens is 282 g/mol. The molecule has 1 fully saturated rings. The normalized spacial score (nSPS) is 23.2.